The Bertz CT molecular complexity index is 1200. The fourth-order valence-corrected chi connectivity index (χ4v) is 2.68. The molecule has 0 atom stereocenters. The number of nitrogens with zero attached hydrogens (tertiary/aromatic N) is 4. The number of allylic oxidation sites excluding steroid dienone is 1. The normalized spacial score (nSPS) is 9.67. The molecule has 4 heterocycles. The molecule has 0 aliphatic heterocycles. The van der Waals surface area contributed by atoms with Crippen LogP contribution >= 0.6 is 39.1 Å². The predicted molar refractivity (Wildman–Crippen MR) is 146 cm³/mol. The molecule has 0 aliphatic carbocycles. The highest BCUT2D eigenvalue weighted by molar-refractivity contribution is 9.09. The average molecular weight is 598 g/mol. The van der Waals surface area contributed by atoms with E-state index >= 15 is 0 Å². The number of ether oxygens (including phenoxy) is 1. The van der Waals surface area contributed by atoms with Crippen molar-refractivity contribution in [3.8, 4) is 22.9 Å². The highest BCUT2D eigenvalue weighted by Gasteiger charge is 2.07. The van der Waals surface area contributed by atoms with Gasteiger partial charge in [-0.15, -0.1) is 13.2 Å². The summed E-state index contributed by atoms with van der Waals surface area (Å²) >= 11 is 14.5. The Kier molecular flexibility index (Phi) is 15.2. The van der Waals surface area contributed by atoms with E-state index in [0.29, 0.717) is 41.9 Å². The second-order valence-corrected chi connectivity index (χ2v) is 7.68. The summed E-state index contributed by atoms with van der Waals surface area (Å²) in [5.41, 5.74) is 1.25. The number of hydrogen-bond donors (Lipinski definition) is 1. The monoisotopic (exact) mass is 596 g/mol. The summed E-state index contributed by atoms with van der Waals surface area (Å²) in [6.45, 7) is 7.78. The van der Waals surface area contributed by atoms with E-state index in [1.807, 2.05) is 12.1 Å². The van der Waals surface area contributed by atoms with Crippen LogP contribution in [0.15, 0.2) is 82.9 Å². The number of hydrogen-bond acceptors (Lipinski definition) is 8. The van der Waals surface area contributed by atoms with Gasteiger partial charge in [0.2, 0.25) is 10.6 Å². The summed E-state index contributed by atoms with van der Waals surface area (Å²) in [5.74, 6) is 2.44. The second-order valence-electron chi connectivity index (χ2n) is 6.36. The van der Waals surface area contributed by atoms with E-state index in [2.05, 4.69) is 49.0 Å². The number of aliphatic hydroxyl groups excluding tert-OH is 1. The van der Waals surface area contributed by atoms with Gasteiger partial charge in [0.05, 0.1) is 6.61 Å². The lowest BCUT2D eigenvalue weighted by Gasteiger charge is -1.98. The zero-order valence-corrected chi connectivity index (χ0v) is 21.7. The summed E-state index contributed by atoms with van der Waals surface area (Å²) in [7, 11) is 0. The van der Waals surface area contributed by atoms with Crippen LogP contribution in [-0.4, -0.2) is 37.0 Å². The molecule has 0 spiro atoms. The first kappa shape index (κ1) is 31.2. The maximum atomic E-state index is 8.80. The van der Waals surface area contributed by atoms with E-state index in [0.717, 1.165) is 11.1 Å². The fraction of sp³-hybridized carbons (Fsp3) is 0.200. The second kappa shape index (κ2) is 17.6. The molecule has 0 aromatic carbocycles. The van der Waals surface area contributed by atoms with E-state index in [4.69, 9.17) is 41.9 Å². The van der Waals surface area contributed by atoms with Gasteiger partial charge in [-0.05, 0) is 59.6 Å². The SMILES string of the molecule is C.C=CCBr.C=CCOCc1ccc(-c2ccnc(Cl)n2)o1.OCc1ccc(-c2ccnc(Cl)n2)o1. The van der Waals surface area contributed by atoms with Gasteiger partial charge in [-0.25, -0.2) is 19.9 Å². The zero-order chi connectivity index (χ0) is 25.5. The largest absolute Gasteiger partial charge is 0.457 e. The molecule has 4 aromatic rings. The van der Waals surface area contributed by atoms with Gasteiger partial charge in [-0.1, -0.05) is 35.5 Å². The molecule has 36 heavy (non-hydrogen) atoms. The number of aliphatic hydroxyl groups is 1. The number of furan rings is 2. The molecule has 1 N–H and O–H groups in total. The van der Waals surface area contributed by atoms with Gasteiger partial charge in [0, 0.05) is 17.7 Å². The number of halogens is 3. The maximum absolute atomic E-state index is 8.80. The lowest BCUT2D eigenvalue weighted by molar-refractivity contribution is 0.132. The summed E-state index contributed by atoms with van der Waals surface area (Å²) in [5, 5.41) is 10.1. The van der Waals surface area contributed by atoms with Crippen molar-refractivity contribution in [1.29, 1.82) is 0 Å². The first-order valence-corrected chi connectivity index (χ1v) is 12.0. The third kappa shape index (κ3) is 10.8. The van der Waals surface area contributed by atoms with Crippen LogP contribution in [0.3, 0.4) is 0 Å². The molecule has 0 saturated heterocycles. The Labute approximate surface area is 228 Å². The van der Waals surface area contributed by atoms with Crippen LogP contribution in [0.2, 0.25) is 10.6 Å². The fourth-order valence-electron chi connectivity index (χ4n) is 2.38. The van der Waals surface area contributed by atoms with E-state index < -0.39 is 0 Å². The van der Waals surface area contributed by atoms with Crippen molar-refractivity contribution in [2.24, 2.45) is 0 Å². The van der Waals surface area contributed by atoms with Gasteiger partial charge >= 0.3 is 0 Å². The minimum absolute atomic E-state index is 0. The highest BCUT2D eigenvalue weighted by atomic mass is 79.9. The molecule has 0 saturated carbocycles. The van der Waals surface area contributed by atoms with Crippen molar-refractivity contribution in [3.63, 3.8) is 0 Å². The molecule has 4 rings (SSSR count). The minimum atomic E-state index is -0.126. The first-order chi connectivity index (χ1) is 17.0. The highest BCUT2D eigenvalue weighted by Crippen LogP contribution is 2.22. The summed E-state index contributed by atoms with van der Waals surface area (Å²) < 4.78 is 16.1. The average Bonchev–Trinajstić information content (AvgIpc) is 3.55. The third-order valence-electron chi connectivity index (χ3n) is 3.83. The smallest absolute Gasteiger partial charge is 0.222 e. The number of aromatic nitrogens is 4. The van der Waals surface area contributed by atoms with Crippen molar-refractivity contribution < 1.29 is 18.7 Å². The topological polar surface area (TPSA) is 107 Å². The van der Waals surface area contributed by atoms with E-state index in [1.165, 1.54) is 0 Å². The predicted octanol–water partition coefficient (Wildman–Crippen LogP) is 7.18. The Morgan fingerprint density at radius 2 is 1.36 bits per heavy atom. The molecule has 0 fully saturated rings. The first-order valence-electron chi connectivity index (χ1n) is 10.1. The van der Waals surface area contributed by atoms with Crippen molar-refractivity contribution in [2.45, 2.75) is 20.6 Å². The molecule has 0 aliphatic rings. The van der Waals surface area contributed by atoms with Crippen molar-refractivity contribution >= 4 is 39.1 Å². The van der Waals surface area contributed by atoms with Crippen LogP contribution in [0.4, 0.5) is 0 Å². The zero-order valence-electron chi connectivity index (χ0n) is 18.6. The molecule has 0 bridgehead atoms. The maximum Gasteiger partial charge on any atom is 0.222 e. The summed E-state index contributed by atoms with van der Waals surface area (Å²) in [4.78, 5) is 15.6. The quantitative estimate of drug-likeness (QED) is 0.0984. The number of alkyl halides is 1. The van der Waals surface area contributed by atoms with Crippen molar-refractivity contribution in [3.05, 3.63) is 96.2 Å². The van der Waals surface area contributed by atoms with Crippen LogP contribution in [0.1, 0.15) is 18.9 Å². The number of rotatable bonds is 8. The molecule has 0 radical (unpaired) electrons. The lowest BCUT2D eigenvalue weighted by atomic mass is 10.3. The van der Waals surface area contributed by atoms with Crippen LogP contribution < -0.4 is 0 Å². The van der Waals surface area contributed by atoms with Gasteiger partial charge in [-0.2, -0.15) is 0 Å². The van der Waals surface area contributed by atoms with Gasteiger partial charge in [0.15, 0.2) is 11.5 Å². The lowest BCUT2D eigenvalue weighted by Crippen LogP contribution is -1.90. The molecular weight excluding hydrogens is 571 g/mol. The Morgan fingerprint density at radius 3 is 1.78 bits per heavy atom. The van der Waals surface area contributed by atoms with Gasteiger partial charge < -0.3 is 18.7 Å². The minimum Gasteiger partial charge on any atom is -0.457 e. The summed E-state index contributed by atoms with van der Waals surface area (Å²) in [6.07, 6.45) is 6.61. The van der Waals surface area contributed by atoms with E-state index in [9.17, 15) is 0 Å². The standard InChI is InChI=1S/C12H11ClN2O2.C9H7ClN2O2.C3H5Br.CH4/c1-2-7-16-8-9-3-4-11(17-9)10-5-6-14-12(13)15-10;10-9-11-4-3-7(12-9)8-2-1-6(5-13)14-8;1-2-3-4;/h2-6H,1,7-8H2;1-4,13H,5H2;2H,1,3H2;1H4. The molecule has 8 nitrogen and oxygen atoms in total. The van der Waals surface area contributed by atoms with E-state index in [-0.39, 0.29) is 24.6 Å². The van der Waals surface area contributed by atoms with Crippen LogP contribution in [-0.2, 0) is 18.0 Å². The summed E-state index contributed by atoms with van der Waals surface area (Å²) in [6, 6.07) is 10.5. The van der Waals surface area contributed by atoms with Gasteiger partial charge in [-0.3, -0.25) is 0 Å². The Balaban J connectivity index is 0.000000310. The van der Waals surface area contributed by atoms with Crippen molar-refractivity contribution in [2.75, 3.05) is 11.9 Å². The molecule has 0 amide bonds. The van der Waals surface area contributed by atoms with Crippen LogP contribution in [0.5, 0.6) is 0 Å². The van der Waals surface area contributed by atoms with Crippen molar-refractivity contribution in [1.82, 2.24) is 19.9 Å². The molecule has 4 aromatic heterocycles. The van der Waals surface area contributed by atoms with E-state index in [1.54, 1.807) is 48.8 Å². The third-order valence-corrected chi connectivity index (χ3v) is 4.65. The van der Waals surface area contributed by atoms with Gasteiger partial charge in [0.25, 0.3) is 0 Å². The molecule has 0 unspecified atom stereocenters. The van der Waals surface area contributed by atoms with Gasteiger partial charge in [0.1, 0.15) is 36.1 Å². The van der Waals surface area contributed by atoms with Crippen LogP contribution in [0.25, 0.3) is 22.9 Å². The molecule has 11 heteroatoms. The Hall–Kier alpha value is -2.82. The van der Waals surface area contributed by atoms with Crippen LogP contribution in [0, 0.1) is 0 Å². The molecular formula is C25H27BrCl2N4O4. The Morgan fingerprint density at radius 1 is 0.861 bits per heavy atom. The molecule has 192 valence electrons.